The van der Waals surface area contributed by atoms with E-state index in [0.29, 0.717) is 24.0 Å². The number of nitrogen functional groups attached to an aromatic ring is 1. The molecule has 0 saturated carbocycles. The number of carbonyl (C=O) groups excluding carboxylic acids is 1. The Bertz CT molecular complexity index is 924. The van der Waals surface area contributed by atoms with Crippen LogP contribution in [-0.2, 0) is 11.2 Å². The lowest BCUT2D eigenvalue weighted by molar-refractivity contribution is -0.116. The molecule has 4 rings (SSSR count). The van der Waals surface area contributed by atoms with Crippen LogP contribution in [0, 0.1) is 0 Å². The van der Waals surface area contributed by atoms with Gasteiger partial charge in [0, 0.05) is 18.8 Å². The van der Waals surface area contributed by atoms with E-state index in [0.717, 1.165) is 22.6 Å². The molecule has 1 aliphatic heterocycles. The van der Waals surface area contributed by atoms with Gasteiger partial charge in [-0.1, -0.05) is 53.8 Å². The van der Waals surface area contributed by atoms with Crippen molar-refractivity contribution in [1.29, 1.82) is 0 Å². The van der Waals surface area contributed by atoms with Gasteiger partial charge in [-0.25, -0.2) is 4.98 Å². The van der Waals surface area contributed by atoms with E-state index in [1.165, 1.54) is 16.9 Å². The first kappa shape index (κ1) is 16.6. The van der Waals surface area contributed by atoms with Crippen LogP contribution in [0.2, 0.25) is 0 Å². The maximum absolute atomic E-state index is 12.0. The van der Waals surface area contributed by atoms with Crippen LogP contribution in [0.15, 0.2) is 54.6 Å². The molecule has 5 nitrogen and oxygen atoms in total. The second kappa shape index (κ2) is 7.17. The van der Waals surface area contributed by atoms with Gasteiger partial charge in [-0.15, -0.1) is 0 Å². The molecule has 26 heavy (non-hydrogen) atoms. The van der Waals surface area contributed by atoms with Crippen LogP contribution in [0.25, 0.3) is 0 Å². The Morgan fingerprint density at radius 3 is 2.88 bits per heavy atom. The van der Waals surface area contributed by atoms with E-state index >= 15 is 0 Å². The number of hydrogen-bond acceptors (Lipinski definition) is 5. The summed E-state index contributed by atoms with van der Waals surface area (Å²) in [5.74, 6) is 1.32. The Kier molecular flexibility index (Phi) is 4.58. The highest BCUT2D eigenvalue weighted by Gasteiger charge is 2.30. The lowest BCUT2D eigenvalue weighted by Gasteiger charge is -2.22. The number of fused-ring (bicyclic) bond motifs is 1. The summed E-state index contributed by atoms with van der Waals surface area (Å²) >= 11 is 1.43. The summed E-state index contributed by atoms with van der Waals surface area (Å²) < 4.78 is 5.92. The fraction of sp³-hybridized carbons (Fsp3) is 0.200. The normalized spacial score (nSPS) is 16.0. The number of nitrogens with one attached hydrogen (secondary N) is 1. The quantitative estimate of drug-likeness (QED) is 0.720. The smallest absolute Gasteiger partial charge is 0.226 e. The number of amides is 1. The molecule has 6 heteroatoms. The number of thiazole rings is 1. The highest BCUT2D eigenvalue weighted by molar-refractivity contribution is 7.16. The molecule has 0 bridgehead atoms. The summed E-state index contributed by atoms with van der Waals surface area (Å²) in [5, 5.41) is 3.27. The number of benzene rings is 2. The topological polar surface area (TPSA) is 77.2 Å². The van der Waals surface area contributed by atoms with Crippen LogP contribution >= 0.6 is 11.3 Å². The van der Waals surface area contributed by atoms with E-state index < -0.39 is 0 Å². The summed E-state index contributed by atoms with van der Waals surface area (Å²) in [7, 11) is 0. The van der Waals surface area contributed by atoms with Crippen molar-refractivity contribution in [2.75, 3.05) is 17.7 Å². The summed E-state index contributed by atoms with van der Waals surface area (Å²) in [6.07, 6.45) is 1.24. The van der Waals surface area contributed by atoms with Gasteiger partial charge < -0.3 is 15.8 Å². The number of carbonyl (C=O) groups is 1. The van der Waals surface area contributed by atoms with Gasteiger partial charge in [-0.3, -0.25) is 4.79 Å². The number of aromatic nitrogens is 1. The number of ether oxygens (including phenoxy) is 1. The minimum atomic E-state index is -0.0387. The molecule has 1 aromatic heterocycles. The summed E-state index contributed by atoms with van der Waals surface area (Å²) in [6.45, 7) is 0.609. The van der Waals surface area contributed by atoms with Crippen LogP contribution in [0.4, 0.5) is 10.9 Å². The van der Waals surface area contributed by atoms with Crippen molar-refractivity contribution < 1.29 is 9.53 Å². The molecule has 1 atom stereocenters. The molecule has 0 fully saturated rings. The van der Waals surface area contributed by atoms with Crippen LogP contribution in [0.3, 0.4) is 0 Å². The molecule has 2 aromatic carbocycles. The van der Waals surface area contributed by atoms with Crippen LogP contribution < -0.4 is 15.8 Å². The monoisotopic (exact) mass is 365 g/mol. The van der Waals surface area contributed by atoms with Gasteiger partial charge in [-0.2, -0.15) is 0 Å². The molecule has 0 saturated heterocycles. The standard InChI is InChI=1S/C20H19N3O2S/c21-20-23-19-18(26-20)16(12-17(24)22-19)14-7-4-8-15(11-14)25-10-9-13-5-2-1-3-6-13/h1-8,11,16H,9-10,12H2,(H2,21,23)(H,22,24)/t16-/m1/s1. The van der Waals surface area contributed by atoms with Crippen molar-refractivity contribution >= 4 is 28.2 Å². The van der Waals surface area contributed by atoms with E-state index in [2.05, 4.69) is 22.4 Å². The molecule has 3 aromatic rings. The fourth-order valence-electron chi connectivity index (χ4n) is 3.16. The van der Waals surface area contributed by atoms with Gasteiger partial charge >= 0.3 is 0 Å². The van der Waals surface area contributed by atoms with E-state index in [9.17, 15) is 4.79 Å². The van der Waals surface area contributed by atoms with Gasteiger partial charge in [0.15, 0.2) is 5.13 Å². The van der Waals surface area contributed by atoms with Crippen LogP contribution in [0.1, 0.15) is 28.3 Å². The highest BCUT2D eigenvalue weighted by Crippen LogP contribution is 2.42. The van der Waals surface area contributed by atoms with E-state index in [-0.39, 0.29) is 11.8 Å². The van der Waals surface area contributed by atoms with Crippen molar-refractivity contribution in [3.63, 3.8) is 0 Å². The predicted octanol–water partition coefficient (Wildman–Crippen LogP) is 3.82. The zero-order valence-electron chi connectivity index (χ0n) is 14.1. The summed E-state index contributed by atoms with van der Waals surface area (Å²) in [6, 6.07) is 18.2. The van der Waals surface area contributed by atoms with Crippen molar-refractivity contribution in [3.05, 3.63) is 70.6 Å². The number of nitrogens with two attached hydrogens (primary N) is 1. The van der Waals surface area contributed by atoms with Gasteiger partial charge in [0.05, 0.1) is 11.5 Å². The van der Waals surface area contributed by atoms with Crippen molar-refractivity contribution in [2.45, 2.75) is 18.8 Å². The number of nitrogens with zero attached hydrogens (tertiary/aromatic N) is 1. The van der Waals surface area contributed by atoms with Crippen molar-refractivity contribution in [3.8, 4) is 5.75 Å². The first-order valence-electron chi connectivity index (χ1n) is 8.52. The van der Waals surface area contributed by atoms with E-state index in [4.69, 9.17) is 10.5 Å². The Balaban J connectivity index is 1.50. The number of hydrogen-bond donors (Lipinski definition) is 2. The molecule has 2 heterocycles. The Morgan fingerprint density at radius 2 is 2.04 bits per heavy atom. The first-order chi connectivity index (χ1) is 12.7. The fourth-order valence-corrected chi connectivity index (χ4v) is 4.07. The zero-order valence-corrected chi connectivity index (χ0v) is 15.0. The largest absolute Gasteiger partial charge is 0.493 e. The van der Waals surface area contributed by atoms with E-state index in [1.54, 1.807) is 0 Å². The third-order valence-corrected chi connectivity index (χ3v) is 5.39. The van der Waals surface area contributed by atoms with Crippen molar-refractivity contribution in [1.82, 2.24) is 4.98 Å². The molecular formula is C20H19N3O2S. The van der Waals surface area contributed by atoms with Crippen molar-refractivity contribution in [2.24, 2.45) is 0 Å². The first-order valence-corrected chi connectivity index (χ1v) is 9.33. The minimum Gasteiger partial charge on any atom is -0.493 e. The van der Waals surface area contributed by atoms with Gasteiger partial charge in [-0.05, 0) is 23.3 Å². The molecule has 0 spiro atoms. The Hall–Kier alpha value is -2.86. The van der Waals surface area contributed by atoms with Crippen LogP contribution in [0.5, 0.6) is 5.75 Å². The molecule has 0 aliphatic carbocycles. The molecule has 0 unspecified atom stereocenters. The third kappa shape index (κ3) is 3.55. The molecular weight excluding hydrogens is 346 g/mol. The average Bonchev–Trinajstić information content (AvgIpc) is 3.02. The van der Waals surface area contributed by atoms with Gasteiger partial charge in [0.1, 0.15) is 11.6 Å². The number of rotatable bonds is 5. The highest BCUT2D eigenvalue weighted by atomic mass is 32.1. The molecule has 1 amide bonds. The van der Waals surface area contributed by atoms with Crippen LogP contribution in [-0.4, -0.2) is 17.5 Å². The average molecular weight is 365 g/mol. The second-order valence-electron chi connectivity index (χ2n) is 6.23. The second-order valence-corrected chi connectivity index (χ2v) is 7.29. The Morgan fingerprint density at radius 1 is 1.19 bits per heavy atom. The van der Waals surface area contributed by atoms with E-state index in [1.807, 2.05) is 42.5 Å². The Labute approximate surface area is 155 Å². The zero-order chi connectivity index (χ0) is 17.9. The van der Waals surface area contributed by atoms with Gasteiger partial charge in [0.2, 0.25) is 5.91 Å². The SMILES string of the molecule is Nc1nc2c(s1)[C@@H](c1cccc(OCCc3ccccc3)c1)CC(=O)N2. The molecule has 3 N–H and O–H groups in total. The molecule has 132 valence electrons. The number of anilines is 2. The molecule has 0 radical (unpaired) electrons. The predicted molar refractivity (Wildman–Crippen MR) is 104 cm³/mol. The van der Waals surface area contributed by atoms with Gasteiger partial charge in [0.25, 0.3) is 0 Å². The third-order valence-electron chi connectivity index (χ3n) is 4.40. The lowest BCUT2D eigenvalue weighted by Crippen LogP contribution is -2.22. The lowest BCUT2D eigenvalue weighted by atomic mass is 9.91. The maximum Gasteiger partial charge on any atom is 0.226 e. The summed E-state index contributed by atoms with van der Waals surface area (Å²) in [4.78, 5) is 17.2. The summed E-state index contributed by atoms with van der Waals surface area (Å²) in [5.41, 5.74) is 8.12. The minimum absolute atomic E-state index is 0.0359. The molecule has 1 aliphatic rings. The maximum atomic E-state index is 12.0.